The predicted molar refractivity (Wildman–Crippen MR) is 108 cm³/mol. The first-order chi connectivity index (χ1) is 13.6. The highest BCUT2D eigenvalue weighted by Crippen LogP contribution is 2.28. The van der Waals surface area contributed by atoms with Crippen LogP contribution in [0.1, 0.15) is 24.0 Å². The second-order valence-electron chi connectivity index (χ2n) is 6.76. The predicted octanol–water partition coefficient (Wildman–Crippen LogP) is 3.31. The average Bonchev–Trinajstić information content (AvgIpc) is 3.09. The number of aromatic amines is 1. The molecule has 28 heavy (non-hydrogen) atoms. The summed E-state index contributed by atoms with van der Waals surface area (Å²) in [6.45, 7) is 0. The molecule has 3 N–H and O–H groups in total. The second kappa shape index (κ2) is 9.08. The van der Waals surface area contributed by atoms with Crippen LogP contribution >= 0.6 is 0 Å². The maximum absolute atomic E-state index is 12.7. The lowest BCUT2D eigenvalue weighted by molar-refractivity contribution is -0.137. The van der Waals surface area contributed by atoms with Gasteiger partial charge in [-0.1, -0.05) is 36.4 Å². The van der Waals surface area contributed by atoms with E-state index in [0.29, 0.717) is 18.6 Å². The number of carboxylic acid groups (broad SMARTS) is 1. The molecule has 1 heterocycles. The van der Waals surface area contributed by atoms with Gasteiger partial charge in [-0.3, -0.25) is 9.59 Å². The Morgan fingerprint density at radius 1 is 1.14 bits per heavy atom. The molecule has 0 aliphatic rings. The smallest absolute Gasteiger partial charge is 0.303 e. The van der Waals surface area contributed by atoms with Crippen LogP contribution in [0.3, 0.4) is 0 Å². The highest BCUT2D eigenvalue weighted by molar-refractivity contribution is 5.93. The quantitative estimate of drug-likeness (QED) is 0.531. The number of rotatable bonds is 9. The number of carboxylic acids is 1. The Balaban J connectivity index is 1.72. The van der Waals surface area contributed by atoms with Gasteiger partial charge >= 0.3 is 5.97 Å². The Morgan fingerprint density at radius 3 is 2.64 bits per heavy atom. The number of nitrogens with one attached hydrogen (secondary N) is 2. The number of amides is 1. The van der Waals surface area contributed by atoms with E-state index in [4.69, 9.17) is 9.84 Å². The average molecular weight is 380 g/mol. The van der Waals surface area contributed by atoms with Crippen molar-refractivity contribution >= 4 is 22.8 Å². The number of benzene rings is 2. The minimum atomic E-state index is -0.867. The van der Waals surface area contributed by atoms with Crippen LogP contribution in [0.15, 0.2) is 54.7 Å². The normalized spacial score (nSPS) is 11.9. The zero-order valence-electron chi connectivity index (χ0n) is 15.8. The van der Waals surface area contributed by atoms with Crippen LogP contribution < -0.4 is 10.1 Å². The van der Waals surface area contributed by atoms with Crippen molar-refractivity contribution < 1.29 is 19.4 Å². The minimum Gasteiger partial charge on any atom is -0.496 e. The van der Waals surface area contributed by atoms with Gasteiger partial charge in [0.2, 0.25) is 5.91 Å². The summed E-state index contributed by atoms with van der Waals surface area (Å²) in [7, 11) is 1.60. The minimum absolute atomic E-state index is 0.0126. The molecule has 2 aromatic carbocycles. The van der Waals surface area contributed by atoms with Gasteiger partial charge in [0.15, 0.2) is 0 Å². The molecule has 0 saturated heterocycles. The van der Waals surface area contributed by atoms with Gasteiger partial charge in [-0.25, -0.2) is 0 Å². The largest absolute Gasteiger partial charge is 0.496 e. The topological polar surface area (TPSA) is 91.4 Å². The van der Waals surface area contributed by atoms with Gasteiger partial charge in [0.1, 0.15) is 5.75 Å². The summed E-state index contributed by atoms with van der Waals surface area (Å²) in [5.41, 5.74) is 2.82. The summed E-state index contributed by atoms with van der Waals surface area (Å²) in [6, 6.07) is 15.2. The van der Waals surface area contributed by atoms with E-state index >= 15 is 0 Å². The third-order valence-electron chi connectivity index (χ3n) is 4.72. The van der Waals surface area contributed by atoms with Gasteiger partial charge < -0.3 is 20.1 Å². The second-order valence-corrected chi connectivity index (χ2v) is 6.76. The number of carbonyl (C=O) groups is 2. The van der Waals surface area contributed by atoms with Crippen LogP contribution in [0.5, 0.6) is 5.75 Å². The number of H-pyrrole nitrogens is 1. The number of methoxy groups -OCH3 is 1. The third kappa shape index (κ3) is 4.91. The van der Waals surface area contributed by atoms with Gasteiger partial charge in [-0.05, 0) is 36.1 Å². The van der Waals surface area contributed by atoms with Gasteiger partial charge in [0, 0.05) is 29.6 Å². The zero-order chi connectivity index (χ0) is 19.9. The summed E-state index contributed by atoms with van der Waals surface area (Å²) in [5.74, 6) is -0.292. The molecular weight excluding hydrogens is 356 g/mol. The number of aromatic nitrogens is 1. The van der Waals surface area contributed by atoms with E-state index in [0.717, 1.165) is 22.0 Å². The highest BCUT2D eigenvalue weighted by Gasteiger charge is 2.17. The maximum atomic E-state index is 12.7. The van der Waals surface area contributed by atoms with Crippen molar-refractivity contribution in [2.75, 3.05) is 7.11 Å². The molecule has 1 amide bonds. The van der Waals surface area contributed by atoms with Crippen molar-refractivity contribution in [3.05, 3.63) is 65.9 Å². The van der Waals surface area contributed by atoms with E-state index in [-0.39, 0.29) is 24.8 Å². The van der Waals surface area contributed by atoms with Crippen molar-refractivity contribution in [1.82, 2.24) is 10.3 Å². The lowest BCUT2D eigenvalue weighted by Crippen LogP contribution is -2.37. The molecule has 3 aromatic rings. The Kier molecular flexibility index (Phi) is 6.32. The molecule has 0 aliphatic heterocycles. The first kappa shape index (κ1) is 19.5. The SMILES string of the molecule is COc1cccc2[nH]cc(CC(=O)NC(CCC(=O)O)Cc3ccccc3)c12. The van der Waals surface area contributed by atoms with Gasteiger partial charge in [-0.15, -0.1) is 0 Å². The van der Waals surface area contributed by atoms with Crippen molar-refractivity contribution in [3.8, 4) is 5.75 Å². The van der Waals surface area contributed by atoms with Crippen LogP contribution in [-0.2, 0) is 22.4 Å². The van der Waals surface area contributed by atoms with E-state index in [1.807, 2.05) is 54.7 Å². The van der Waals surface area contributed by atoms with Crippen LogP contribution in [-0.4, -0.2) is 35.1 Å². The fourth-order valence-corrected chi connectivity index (χ4v) is 3.40. The standard InChI is InChI=1S/C22H24N2O4/c1-28-19-9-5-8-18-22(19)16(14-23-18)13-20(25)24-17(10-11-21(26)27)12-15-6-3-2-4-7-15/h2-9,14,17,23H,10-13H2,1H3,(H,24,25)(H,26,27). The maximum Gasteiger partial charge on any atom is 0.303 e. The summed E-state index contributed by atoms with van der Waals surface area (Å²) in [6.07, 6.45) is 3.00. The lowest BCUT2D eigenvalue weighted by Gasteiger charge is -2.18. The number of hydrogen-bond donors (Lipinski definition) is 3. The molecule has 1 unspecified atom stereocenters. The van der Waals surface area contributed by atoms with Gasteiger partial charge in [-0.2, -0.15) is 0 Å². The van der Waals surface area contributed by atoms with E-state index in [2.05, 4.69) is 10.3 Å². The molecule has 0 bridgehead atoms. The van der Waals surface area contributed by atoms with Crippen molar-refractivity contribution in [1.29, 1.82) is 0 Å². The van der Waals surface area contributed by atoms with E-state index < -0.39 is 5.97 Å². The van der Waals surface area contributed by atoms with Crippen molar-refractivity contribution in [2.24, 2.45) is 0 Å². The Labute approximate surface area is 163 Å². The molecule has 1 aromatic heterocycles. The molecular formula is C22H24N2O4. The van der Waals surface area contributed by atoms with E-state index in [1.165, 1.54) is 0 Å². The fraction of sp³-hybridized carbons (Fsp3) is 0.273. The molecule has 1 atom stereocenters. The zero-order valence-corrected chi connectivity index (χ0v) is 15.8. The third-order valence-corrected chi connectivity index (χ3v) is 4.72. The molecule has 0 radical (unpaired) electrons. The highest BCUT2D eigenvalue weighted by atomic mass is 16.5. The van der Waals surface area contributed by atoms with Crippen LogP contribution in [0.25, 0.3) is 10.9 Å². The Bertz CT molecular complexity index is 950. The fourth-order valence-electron chi connectivity index (χ4n) is 3.40. The molecule has 0 fully saturated rings. The number of hydrogen-bond acceptors (Lipinski definition) is 3. The first-order valence-corrected chi connectivity index (χ1v) is 9.25. The Hall–Kier alpha value is -3.28. The van der Waals surface area contributed by atoms with Crippen LogP contribution in [0.2, 0.25) is 0 Å². The first-order valence-electron chi connectivity index (χ1n) is 9.25. The van der Waals surface area contributed by atoms with Crippen molar-refractivity contribution in [2.45, 2.75) is 31.7 Å². The number of aliphatic carboxylic acids is 1. The number of ether oxygens (including phenoxy) is 1. The number of carbonyl (C=O) groups excluding carboxylic acids is 1. The molecule has 146 valence electrons. The van der Waals surface area contributed by atoms with Gasteiger partial charge in [0.05, 0.1) is 13.5 Å². The van der Waals surface area contributed by atoms with Crippen molar-refractivity contribution in [3.63, 3.8) is 0 Å². The monoisotopic (exact) mass is 380 g/mol. The molecule has 3 rings (SSSR count). The summed E-state index contributed by atoms with van der Waals surface area (Å²) in [5, 5.41) is 12.9. The van der Waals surface area contributed by atoms with Crippen LogP contribution in [0, 0.1) is 0 Å². The molecule has 0 spiro atoms. The summed E-state index contributed by atoms with van der Waals surface area (Å²) < 4.78 is 5.42. The van der Waals surface area contributed by atoms with E-state index in [9.17, 15) is 9.59 Å². The van der Waals surface area contributed by atoms with E-state index in [1.54, 1.807) is 7.11 Å². The molecule has 6 heteroatoms. The summed E-state index contributed by atoms with van der Waals surface area (Å²) in [4.78, 5) is 26.8. The van der Waals surface area contributed by atoms with Gasteiger partial charge in [0.25, 0.3) is 0 Å². The van der Waals surface area contributed by atoms with Crippen LogP contribution in [0.4, 0.5) is 0 Å². The molecule has 0 saturated carbocycles. The Morgan fingerprint density at radius 2 is 1.93 bits per heavy atom. The lowest BCUT2D eigenvalue weighted by atomic mass is 10.0. The molecule has 6 nitrogen and oxygen atoms in total. The summed E-state index contributed by atoms with van der Waals surface area (Å²) >= 11 is 0. The number of fused-ring (bicyclic) bond motifs is 1. The molecule has 0 aliphatic carbocycles.